The first kappa shape index (κ1) is 19.7. The standard InChI is InChI=1S/C20H17ClFNO5/c1-10-14-8-12(22)4-6-16(14)28-18(10)20(25)27-11(2)19(24)23-13-5-7-17(26-3)15(21)9-13/h4-9,11H,1-3H3,(H,23,24)/t11-/m1/s1. The molecule has 0 fully saturated rings. The van der Waals surface area contributed by atoms with Gasteiger partial charge < -0.3 is 19.2 Å². The summed E-state index contributed by atoms with van der Waals surface area (Å²) in [6.45, 7) is 3.04. The minimum Gasteiger partial charge on any atom is -0.495 e. The van der Waals surface area contributed by atoms with Crippen molar-refractivity contribution in [1.82, 2.24) is 0 Å². The van der Waals surface area contributed by atoms with E-state index in [2.05, 4.69) is 5.32 Å². The van der Waals surface area contributed by atoms with Crippen molar-refractivity contribution in [2.24, 2.45) is 0 Å². The van der Waals surface area contributed by atoms with E-state index in [0.717, 1.165) is 0 Å². The van der Waals surface area contributed by atoms with Gasteiger partial charge in [-0.1, -0.05) is 11.6 Å². The molecule has 1 amide bonds. The van der Waals surface area contributed by atoms with Crippen molar-refractivity contribution >= 4 is 40.1 Å². The first-order chi connectivity index (χ1) is 13.3. The summed E-state index contributed by atoms with van der Waals surface area (Å²) < 4.78 is 29.1. The summed E-state index contributed by atoms with van der Waals surface area (Å²) in [7, 11) is 1.48. The Hall–Kier alpha value is -3.06. The van der Waals surface area contributed by atoms with E-state index in [1.54, 1.807) is 19.1 Å². The van der Waals surface area contributed by atoms with E-state index >= 15 is 0 Å². The van der Waals surface area contributed by atoms with Crippen LogP contribution in [-0.4, -0.2) is 25.1 Å². The molecule has 1 N–H and O–H groups in total. The lowest BCUT2D eigenvalue weighted by molar-refractivity contribution is -0.123. The molecular formula is C20H17ClFNO5. The van der Waals surface area contributed by atoms with Crippen molar-refractivity contribution in [2.75, 3.05) is 12.4 Å². The summed E-state index contributed by atoms with van der Waals surface area (Å²) in [5.41, 5.74) is 1.22. The number of ether oxygens (including phenoxy) is 2. The van der Waals surface area contributed by atoms with Crippen LogP contribution in [0.25, 0.3) is 11.0 Å². The van der Waals surface area contributed by atoms with E-state index < -0.39 is 23.8 Å². The van der Waals surface area contributed by atoms with Crippen molar-refractivity contribution in [3.8, 4) is 5.75 Å². The van der Waals surface area contributed by atoms with Crippen LogP contribution in [0.5, 0.6) is 5.75 Å². The molecule has 2 aromatic carbocycles. The smallest absolute Gasteiger partial charge is 0.375 e. The Morgan fingerprint density at radius 3 is 2.64 bits per heavy atom. The van der Waals surface area contributed by atoms with Gasteiger partial charge in [-0.15, -0.1) is 0 Å². The van der Waals surface area contributed by atoms with Crippen molar-refractivity contribution in [2.45, 2.75) is 20.0 Å². The van der Waals surface area contributed by atoms with Crippen molar-refractivity contribution in [3.63, 3.8) is 0 Å². The van der Waals surface area contributed by atoms with Crippen LogP contribution in [0.1, 0.15) is 23.0 Å². The molecule has 0 saturated heterocycles. The fourth-order valence-corrected chi connectivity index (χ4v) is 2.90. The van der Waals surface area contributed by atoms with Gasteiger partial charge in [0.2, 0.25) is 5.76 Å². The fourth-order valence-electron chi connectivity index (χ4n) is 2.64. The largest absolute Gasteiger partial charge is 0.495 e. The highest BCUT2D eigenvalue weighted by molar-refractivity contribution is 6.32. The number of rotatable bonds is 5. The van der Waals surface area contributed by atoms with Gasteiger partial charge in [0.1, 0.15) is 17.1 Å². The number of esters is 1. The third-order valence-corrected chi connectivity index (χ3v) is 4.45. The van der Waals surface area contributed by atoms with Gasteiger partial charge in [0, 0.05) is 16.6 Å². The monoisotopic (exact) mass is 405 g/mol. The van der Waals surface area contributed by atoms with Crippen LogP contribution in [0.2, 0.25) is 5.02 Å². The topological polar surface area (TPSA) is 77.8 Å². The number of hydrogen-bond acceptors (Lipinski definition) is 5. The van der Waals surface area contributed by atoms with Crippen molar-refractivity contribution < 1.29 is 27.9 Å². The van der Waals surface area contributed by atoms with Crippen LogP contribution in [0, 0.1) is 12.7 Å². The number of amides is 1. The Labute approximate surface area is 165 Å². The van der Waals surface area contributed by atoms with E-state index in [1.807, 2.05) is 0 Å². The van der Waals surface area contributed by atoms with Gasteiger partial charge in [-0.05, 0) is 50.2 Å². The maximum Gasteiger partial charge on any atom is 0.375 e. The molecular weight excluding hydrogens is 389 g/mol. The van der Waals surface area contributed by atoms with Crippen LogP contribution < -0.4 is 10.1 Å². The third kappa shape index (κ3) is 3.94. The summed E-state index contributed by atoms with van der Waals surface area (Å²) in [6.07, 6.45) is -1.10. The molecule has 0 radical (unpaired) electrons. The lowest BCUT2D eigenvalue weighted by Crippen LogP contribution is -2.30. The maximum absolute atomic E-state index is 13.4. The average molecular weight is 406 g/mol. The Kier molecular flexibility index (Phi) is 5.56. The molecule has 0 spiro atoms. The van der Waals surface area contributed by atoms with Crippen LogP contribution >= 0.6 is 11.6 Å². The lowest BCUT2D eigenvalue weighted by Gasteiger charge is -2.13. The molecule has 8 heteroatoms. The summed E-state index contributed by atoms with van der Waals surface area (Å²) >= 11 is 6.02. The fraction of sp³-hybridized carbons (Fsp3) is 0.200. The van der Waals surface area contributed by atoms with Crippen LogP contribution in [0.4, 0.5) is 10.1 Å². The second kappa shape index (κ2) is 7.90. The number of anilines is 1. The van der Waals surface area contributed by atoms with Crippen LogP contribution in [-0.2, 0) is 9.53 Å². The van der Waals surface area contributed by atoms with E-state index in [9.17, 15) is 14.0 Å². The van der Waals surface area contributed by atoms with Gasteiger partial charge in [-0.3, -0.25) is 4.79 Å². The summed E-state index contributed by atoms with van der Waals surface area (Å²) in [4.78, 5) is 24.7. The number of halogens is 2. The molecule has 0 aliphatic carbocycles. The summed E-state index contributed by atoms with van der Waals surface area (Å²) in [5.74, 6) is -1.41. The van der Waals surface area contributed by atoms with Crippen LogP contribution in [0.15, 0.2) is 40.8 Å². The average Bonchev–Trinajstić information content (AvgIpc) is 2.98. The highest BCUT2D eigenvalue weighted by Crippen LogP contribution is 2.28. The number of aryl methyl sites for hydroxylation is 1. The molecule has 0 unspecified atom stereocenters. The highest BCUT2D eigenvalue weighted by Gasteiger charge is 2.24. The molecule has 0 saturated carbocycles. The Morgan fingerprint density at radius 1 is 1.21 bits per heavy atom. The lowest BCUT2D eigenvalue weighted by atomic mass is 10.1. The molecule has 1 heterocycles. The first-order valence-corrected chi connectivity index (χ1v) is 8.72. The molecule has 0 aliphatic rings. The van der Waals surface area contributed by atoms with Gasteiger partial charge in [-0.2, -0.15) is 0 Å². The second-order valence-corrected chi connectivity index (χ2v) is 6.49. The van der Waals surface area contributed by atoms with Gasteiger partial charge in [0.15, 0.2) is 6.10 Å². The molecule has 6 nitrogen and oxygen atoms in total. The van der Waals surface area contributed by atoms with Gasteiger partial charge in [0.25, 0.3) is 5.91 Å². The highest BCUT2D eigenvalue weighted by atomic mass is 35.5. The molecule has 146 valence electrons. The zero-order chi connectivity index (χ0) is 20.4. The maximum atomic E-state index is 13.4. The molecule has 1 atom stereocenters. The van der Waals surface area contributed by atoms with E-state index in [1.165, 1.54) is 38.3 Å². The molecule has 1 aromatic heterocycles. The number of fused-ring (bicyclic) bond motifs is 1. The number of methoxy groups -OCH3 is 1. The third-order valence-electron chi connectivity index (χ3n) is 4.16. The Balaban J connectivity index is 1.71. The number of benzene rings is 2. The number of hydrogen-bond donors (Lipinski definition) is 1. The molecule has 3 aromatic rings. The van der Waals surface area contributed by atoms with E-state index in [0.29, 0.717) is 33.0 Å². The molecule has 0 bridgehead atoms. The number of carbonyl (C=O) groups is 2. The molecule has 28 heavy (non-hydrogen) atoms. The number of furan rings is 1. The van der Waals surface area contributed by atoms with Crippen LogP contribution in [0.3, 0.4) is 0 Å². The minimum absolute atomic E-state index is 0.0762. The van der Waals surface area contributed by atoms with Gasteiger partial charge in [0.05, 0.1) is 12.1 Å². The SMILES string of the molecule is COc1ccc(NC(=O)[C@@H](C)OC(=O)c2oc3ccc(F)cc3c2C)cc1Cl. The second-order valence-electron chi connectivity index (χ2n) is 6.08. The zero-order valence-corrected chi connectivity index (χ0v) is 16.1. The Bertz CT molecular complexity index is 1060. The first-order valence-electron chi connectivity index (χ1n) is 8.34. The zero-order valence-electron chi connectivity index (χ0n) is 15.3. The normalized spacial score (nSPS) is 11.9. The minimum atomic E-state index is -1.10. The van der Waals surface area contributed by atoms with Gasteiger partial charge in [-0.25, -0.2) is 9.18 Å². The van der Waals surface area contributed by atoms with Crippen molar-refractivity contribution in [1.29, 1.82) is 0 Å². The van der Waals surface area contributed by atoms with Crippen molar-refractivity contribution in [3.05, 3.63) is 58.6 Å². The predicted molar refractivity (Wildman–Crippen MR) is 102 cm³/mol. The summed E-state index contributed by atoms with van der Waals surface area (Å²) in [6, 6.07) is 8.66. The molecule has 0 aliphatic heterocycles. The quantitative estimate of drug-likeness (QED) is 0.621. The van der Waals surface area contributed by atoms with E-state index in [-0.39, 0.29) is 5.76 Å². The van der Waals surface area contributed by atoms with E-state index in [4.69, 9.17) is 25.5 Å². The number of carbonyl (C=O) groups excluding carboxylic acids is 2. The Morgan fingerprint density at radius 2 is 1.96 bits per heavy atom. The molecule has 3 rings (SSSR count). The predicted octanol–water partition coefficient (Wildman–Crippen LogP) is 4.73. The summed E-state index contributed by atoms with van der Waals surface area (Å²) in [5, 5.41) is 3.40. The number of nitrogens with one attached hydrogen (secondary N) is 1. The van der Waals surface area contributed by atoms with Gasteiger partial charge >= 0.3 is 5.97 Å².